The van der Waals surface area contributed by atoms with Crippen molar-refractivity contribution in [1.29, 1.82) is 0 Å². The Balaban J connectivity index is 1.51. The van der Waals surface area contributed by atoms with Crippen molar-refractivity contribution in [3.05, 3.63) is 58.0 Å². The Bertz CT molecular complexity index is 1180. The van der Waals surface area contributed by atoms with Crippen LogP contribution in [0.1, 0.15) is 12.8 Å². The molecule has 1 amide bonds. The van der Waals surface area contributed by atoms with Crippen molar-refractivity contribution in [1.82, 2.24) is 14.5 Å². The van der Waals surface area contributed by atoms with Crippen molar-refractivity contribution in [3.8, 4) is 10.6 Å². The lowest BCUT2D eigenvalue weighted by Crippen LogP contribution is -2.43. The molecule has 4 rings (SSSR count). The molecule has 1 aromatic heterocycles. The van der Waals surface area contributed by atoms with Crippen molar-refractivity contribution in [2.45, 2.75) is 23.8 Å². The van der Waals surface area contributed by atoms with Crippen LogP contribution in [-0.4, -0.2) is 41.4 Å². The SMILES string of the molecule is O=C(Nc1nnc(-c2cccc(Br)c2)s1)C1CCCN1S(=O)(=O)c1ccc(Cl)cc1. The second-order valence-electron chi connectivity index (χ2n) is 6.64. The quantitative estimate of drug-likeness (QED) is 0.530. The standard InChI is InChI=1S/C19H16BrClN4O3S2/c20-13-4-1-3-12(11-13)18-23-24-19(29-18)22-17(26)16-5-2-10-25(16)30(27,28)15-8-6-14(21)7-9-15/h1,3-4,6-9,11,16H,2,5,10H2,(H,22,24,26). The molecular formula is C19H16BrClN4O3S2. The highest BCUT2D eigenvalue weighted by Crippen LogP contribution is 2.30. The number of hydrogen-bond donors (Lipinski definition) is 1. The Labute approximate surface area is 191 Å². The first-order chi connectivity index (χ1) is 14.3. The summed E-state index contributed by atoms with van der Waals surface area (Å²) in [7, 11) is -3.81. The highest BCUT2D eigenvalue weighted by atomic mass is 79.9. The second-order valence-corrected chi connectivity index (χ2v) is 10.9. The number of halogens is 2. The molecule has 0 spiro atoms. The zero-order valence-electron chi connectivity index (χ0n) is 15.5. The maximum Gasteiger partial charge on any atom is 0.244 e. The third-order valence-corrected chi connectivity index (χ3v) is 8.21. The monoisotopic (exact) mass is 526 g/mol. The number of sulfonamides is 1. The van der Waals surface area contributed by atoms with Crippen molar-refractivity contribution in [3.63, 3.8) is 0 Å². The number of anilines is 1. The van der Waals surface area contributed by atoms with Crippen molar-refractivity contribution in [2.75, 3.05) is 11.9 Å². The molecular weight excluding hydrogens is 512 g/mol. The summed E-state index contributed by atoms with van der Waals surface area (Å²) in [4.78, 5) is 13.0. The number of aromatic nitrogens is 2. The Hall–Kier alpha value is -1.85. The molecule has 30 heavy (non-hydrogen) atoms. The van der Waals surface area contributed by atoms with E-state index in [1.54, 1.807) is 0 Å². The number of nitrogens with one attached hydrogen (secondary N) is 1. The van der Waals surface area contributed by atoms with Gasteiger partial charge in [0.1, 0.15) is 11.0 Å². The molecule has 1 N–H and O–H groups in total. The Kier molecular flexibility index (Phi) is 6.21. The zero-order chi connectivity index (χ0) is 21.3. The molecule has 2 heterocycles. The predicted octanol–water partition coefficient (Wildman–Crippen LogP) is 4.41. The maximum atomic E-state index is 13.0. The van der Waals surface area contributed by atoms with E-state index < -0.39 is 22.0 Å². The van der Waals surface area contributed by atoms with Gasteiger partial charge in [-0.15, -0.1) is 10.2 Å². The van der Waals surface area contributed by atoms with Crippen molar-refractivity contribution >= 4 is 59.9 Å². The first kappa shape index (κ1) is 21.4. The van der Waals surface area contributed by atoms with E-state index in [1.165, 1.54) is 39.9 Å². The maximum absolute atomic E-state index is 13.0. The van der Waals surface area contributed by atoms with Crippen molar-refractivity contribution < 1.29 is 13.2 Å². The fourth-order valence-corrected chi connectivity index (χ4v) is 6.16. The topological polar surface area (TPSA) is 92.3 Å². The molecule has 1 saturated heterocycles. The summed E-state index contributed by atoms with van der Waals surface area (Å²) in [6, 6.07) is 12.7. The molecule has 0 bridgehead atoms. The highest BCUT2D eigenvalue weighted by molar-refractivity contribution is 9.10. The number of benzene rings is 2. The van der Waals surface area contributed by atoms with Gasteiger partial charge in [0.15, 0.2) is 0 Å². The summed E-state index contributed by atoms with van der Waals surface area (Å²) >= 11 is 10.5. The predicted molar refractivity (Wildman–Crippen MR) is 120 cm³/mol. The lowest BCUT2D eigenvalue weighted by atomic mass is 10.2. The molecule has 7 nitrogen and oxygen atoms in total. The number of nitrogens with zero attached hydrogens (tertiary/aromatic N) is 3. The minimum atomic E-state index is -3.81. The van der Waals surface area contributed by atoms with Crippen LogP contribution >= 0.6 is 38.9 Å². The van der Waals surface area contributed by atoms with Crippen LogP contribution in [0.25, 0.3) is 10.6 Å². The van der Waals surface area contributed by atoms with Gasteiger partial charge in [-0.05, 0) is 49.2 Å². The Morgan fingerprint density at radius 1 is 1.20 bits per heavy atom. The molecule has 2 aromatic carbocycles. The molecule has 3 aromatic rings. The molecule has 11 heteroatoms. The zero-order valence-corrected chi connectivity index (χ0v) is 19.4. The van der Waals surface area contributed by atoms with Crippen LogP contribution in [0.4, 0.5) is 5.13 Å². The number of rotatable bonds is 5. The van der Waals surface area contributed by atoms with Gasteiger partial charge in [0.05, 0.1) is 4.90 Å². The highest BCUT2D eigenvalue weighted by Gasteiger charge is 2.39. The van der Waals surface area contributed by atoms with E-state index in [2.05, 4.69) is 31.4 Å². The van der Waals surface area contributed by atoms with E-state index in [0.717, 1.165) is 10.0 Å². The van der Waals surface area contributed by atoms with Gasteiger partial charge < -0.3 is 0 Å². The molecule has 1 atom stereocenters. The van der Waals surface area contributed by atoms with Gasteiger partial charge in [-0.25, -0.2) is 8.42 Å². The van der Waals surface area contributed by atoms with E-state index in [0.29, 0.717) is 28.0 Å². The third kappa shape index (κ3) is 4.42. The van der Waals surface area contributed by atoms with Crippen LogP contribution in [0.15, 0.2) is 57.9 Å². The van der Waals surface area contributed by atoms with E-state index in [9.17, 15) is 13.2 Å². The molecule has 0 saturated carbocycles. The van der Waals surface area contributed by atoms with E-state index in [-0.39, 0.29) is 11.4 Å². The smallest absolute Gasteiger partial charge is 0.244 e. The lowest BCUT2D eigenvalue weighted by Gasteiger charge is -2.23. The first-order valence-electron chi connectivity index (χ1n) is 9.02. The minimum absolute atomic E-state index is 0.111. The number of carbonyl (C=O) groups is 1. The summed E-state index contributed by atoms with van der Waals surface area (Å²) < 4.78 is 28.2. The largest absolute Gasteiger partial charge is 0.299 e. The van der Waals surface area contributed by atoms with Crippen LogP contribution in [0, 0.1) is 0 Å². The number of hydrogen-bond acceptors (Lipinski definition) is 6. The van der Waals surface area contributed by atoms with Crippen LogP contribution in [0.2, 0.25) is 5.02 Å². The van der Waals surface area contributed by atoms with Gasteiger partial charge in [-0.3, -0.25) is 10.1 Å². The summed E-state index contributed by atoms with van der Waals surface area (Å²) in [5, 5.41) is 12.3. The average Bonchev–Trinajstić information content (AvgIpc) is 3.38. The van der Waals surface area contributed by atoms with E-state index in [1.807, 2.05) is 24.3 Å². The molecule has 1 aliphatic heterocycles. The third-order valence-electron chi connectivity index (χ3n) is 4.65. The van der Waals surface area contributed by atoms with E-state index in [4.69, 9.17) is 11.6 Å². The van der Waals surface area contributed by atoms with Crippen LogP contribution in [0.3, 0.4) is 0 Å². The average molecular weight is 528 g/mol. The second kappa shape index (κ2) is 8.72. The summed E-state index contributed by atoms with van der Waals surface area (Å²) in [5.74, 6) is -0.415. The summed E-state index contributed by atoms with van der Waals surface area (Å²) in [5.41, 5.74) is 0.871. The fraction of sp³-hybridized carbons (Fsp3) is 0.211. The number of carbonyl (C=O) groups excluding carboxylic acids is 1. The molecule has 0 aliphatic carbocycles. The molecule has 1 aliphatic rings. The fourth-order valence-electron chi connectivity index (χ4n) is 3.23. The van der Waals surface area contributed by atoms with Crippen LogP contribution in [-0.2, 0) is 14.8 Å². The first-order valence-corrected chi connectivity index (χ1v) is 12.4. The normalized spacial score (nSPS) is 17.2. The van der Waals surface area contributed by atoms with Crippen LogP contribution < -0.4 is 5.32 Å². The minimum Gasteiger partial charge on any atom is -0.299 e. The Morgan fingerprint density at radius 2 is 1.97 bits per heavy atom. The van der Waals surface area contributed by atoms with Gasteiger partial charge >= 0.3 is 0 Å². The van der Waals surface area contributed by atoms with Crippen molar-refractivity contribution in [2.24, 2.45) is 0 Å². The van der Waals surface area contributed by atoms with Crippen LogP contribution in [0.5, 0.6) is 0 Å². The van der Waals surface area contributed by atoms with Gasteiger partial charge in [0.2, 0.25) is 21.1 Å². The summed E-state index contributed by atoms with van der Waals surface area (Å²) in [6.45, 7) is 0.280. The summed E-state index contributed by atoms with van der Waals surface area (Å²) in [6.07, 6.45) is 1.04. The molecule has 0 radical (unpaired) electrons. The van der Waals surface area contributed by atoms with Gasteiger partial charge in [0, 0.05) is 21.6 Å². The molecule has 1 fully saturated rings. The lowest BCUT2D eigenvalue weighted by molar-refractivity contribution is -0.119. The Morgan fingerprint density at radius 3 is 2.70 bits per heavy atom. The van der Waals surface area contributed by atoms with Gasteiger partial charge in [-0.1, -0.05) is 51.0 Å². The van der Waals surface area contributed by atoms with E-state index >= 15 is 0 Å². The molecule has 1 unspecified atom stereocenters. The molecule has 156 valence electrons. The van der Waals surface area contributed by atoms with Gasteiger partial charge in [-0.2, -0.15) is 4.31 Å². The van der Waals surface area contributed by atoms with Gasteiger partial charge in [0.25, 0.3) is 0 Å². The number of amides is 1.